The lowest BCUT2D eigenvalue weighted by Crippen LogP contribution is -2.41. The summed E-state index contributed by atoms with van der Waals surface area (Å²) in [6, 6.07) is 19.5. The third-order valence-electron chi connectivity index (χ3n) is 6.02. The third-order valence-corrected chi connectivity index (χ3v) is 8.63. The third kappa shape index (κ3) is 6.47. The van der Waals surface area contributed by atoms with Crippen molar-refractivity contribution in [3.8, 4) is 0 Å². The topological polar surface area (TPSA) is 122 Å². The number of amides is 2. The summed E-state index contributed by atoms with van der Waals surface area (Å²) in [6.07, 6.45) is 0.224. The van der Waals surface area contributed by atoms with Gasteiger partial charge in [0.15, 0.2) is 6.61 Å². The van der Waals surface area contributed by atoms with Gasteiger partial charge in [-0.05, 0) is 69.9 Å². The summed E-state index contributed by atoms with van der Waals surface area (Å²) in [7, 11) is -3.99. The summed E-state index contributed by atoms with van der Waals surface area (Å²) >= 11 is 3.34. The first-order valence-electron chi connectivity index (χ1n) is 11.8. The summed E-state index contributed by atoms with van der Waals surface area (Å²) < 4.78 is 34.5. The van der Waals surface area contributed by atoms with E-state index in [4.69, 9.17) is 4.74 Å². The number of nitrogens with one attached hydrogen (secondary N) is 2. The van der Waals surface area contributed by atoms with E-state index in [0.717, 1.165) is 5.56 Å². The summed E-state index contributed by atoms with van der Waals surface area (Å²) in [6.45, 7) is 1.03. The number of fused-ring (bicyclic) bond motifs is 1. The molecule has 0 saturated carbocycles. The maximum absolute atomic E-state index is 13.6. The molecule has 198 valence electrons. The van der Waals surface area contributed by atoms with Gasteiger partial charge in [-0.2, -0.15) is 4.31 Å². The second kappa shape index (κ2) is 11.9. The monoisotopic (exact) mass is 599 g/mol. The van der Waals surface area contributed by atoms with Crippen LogP contribution in [0.15, 0.2) is 82.2 Å². The van der Waals surface area contributed by atoms with Crippen LogP contribution in [-0.2, 0) is 35.6 Å². The molecule has 2 amide bonds. The zero-order valence-corrected chi connectivity index (χ0v) is 22.9. The molecule has 0 aromatic heterocycles. The summed E-state index contributed by atoms with van der Waals surface area (Å²) in [5.74, 6) is -1.48. The summed E-state index contributed by atoms with van der Waals surface area (Å²) in [4.78, 5) is 36.5. The van der Waals surface area contributed by atoms with E-state index < -0.39 is 34.5 Å². The van der Waals surface area contributed by atoms with E-state index >= 15 is 0 Å². The molecule has 1 unspecified atom stereocenters. The Labute approximate surface area is 229 Å². The van der Waals surface area contributed by atoms with Crippen LogP contribution >= 0.6 is 15.9 Å². The lowest BCUT2D eigenvalue weighted by molar-refractivity contribution is -0.148. The van der Waals surface area contributed by atoms with Crippen molar-refractivity contribution in [2.24, 2.45) is 0 Å². The number of para-hydroxylation sites is 1. The Morgan fingerprint density at radius 2 is 1.66 bits per heavy atom. The molecular formula is C27H26BrN3O6S. The molecule has 1 heterocycles. The van der Waals surface area contributed by atoms with Crippen molar-refractivity contribution in [3.63, 3.8) is 0 Å². The Morgan fingerprint density at radius 3 is 2.37 bits per heavy atom. The van der Waals surface area contributed by atoms with E-state index in [1.54, 1.807) is 36.4 Å². The highest BCUT2D eigenvalue weighted by molar-refractivity contribution is 9.10. The van der Waals surface area contributed by atoms with Crippen LogP contribution in [0.3, 0.4) is 0 Å². The number of nitrogens with zero attached hydrogens (tertiary/aromatic N) is 1. The summed E-state index contributed by atoms with van der Waals surface area (Å²) in [5.41, 5.74) is 2.68. The molecular weight excluding hydrogens is 574 g/mol. The Bertz CT molecular complexity index is 1460. The largest absolute Gasteiger partial charge is 0.456 e. The first-order valence-corrected chi connectivity index (χ1v) is 14.1. The van der Waals surface area contributed by atoms with Gasteiger partial charge in [0.25, 0.3) is 5.91 Å². The fraction of sp³-hybridized carbons (Fsp3) is 0.222. The van der Waals surface area contributed by atoms with Crippen LogP contribution in [0.4, 0.5) is 11.4 Å². The van der Waals surface area contributed by atoms with E-state index in [1.807, 2.05) is 12.1 Å². The first kappa shape index (κ1) is 27.5. The van der Waals surface area contributed by atoms with Crippen LogP contribution < -0.4 is 10.6 Å². The standard InChI is InChI=1S/C27H26BrN3O6S/c1-18(32)29-20-10-12-21(13-11-20)38(35,36)31-15-14-19-6-2-3-7-22(19)25(31)16-27(34)37-17-26(33)30-24-9-5-4-8-23(24)28/h2-13,25H,14-17H2,1H3,(H,29,32)(H,30,33). The van der Waals surface area contributed by atoms with Crippen LogP contribution in [-0.4, -0.2) is 43.7 Å². The van der Waals surface area contributed by atoms with Crippen molar-refractivity contribution >= 4 is 55.1 Å². The minimum Gasteiger partial charge on any atom is -0.456 e. The van der Waals surface area contributed by atoms with Gasteiger partial charge in [0.2, 0.25) is 15.9 Å². The molecule has 1 atom stereocenters. The van der Waals surface area contributed by atoms with E-state index in [0.29, 0.717) is 27.8 Å². The molecule has 4 rings (SSSR count). The predicted molar refractivity (Wildman–Crippen MR) is 146 cm³/mol. The van der Waals surface area contributed by atoms with E-state index in [9.17, 15) is 22.8 Å². The second-order valence-corrected chi connectivity index (χ2v) is 11.4. The number of anilines is 2. The highest BCUT2D eigenvalue weighted by atomic mass is 79.9. The van der Waals surface area contributed by atoms with Gasteiger partial charge in [-0.15, -0.1) is 0 Å². The summed E-state index contributed by atoms with van der Waals surface area (Å²) in [5, 5.41) is 5.27. The molecule has 1 aliphatic heterocycles. The van der Waals surface area contributed by atoms with Gasteiger partial charge in [-0.1, -0.05) is 36.4 Å². The van der Waals surface area contributed by atoms with Gasteiger partial charge in [0.05, 0.1) is 23.0 Å². The molecule has 9 nitrogen and oxygen atoms in total. The zero-order chi connectivity index (χ0) is 27.3. The van der Waals surface area contributed by atoms with Crippen molar-refractivity contribution in [1.29, 1.82) is 0 Å². The highest BCUT2D eigenvalue weighted by Gasteiger charge is 2.38. The fourth-order valence-electron chi connectivity index (χ4n) is 4.29. The lowest BCUT2D eigenvalue weighted by atomic mass is 9.92. The van der Waals surface area contributed by atoms with Crippen LogP contribution in [0.25, 0.3) is 0 Å². The van der Waals surface area contributed by atoms with Crippen LogP contribution in [0.1, 0.15) is 30.5 Å². The molecule has 1 aliphatic rings. The maximum Gasteiger partial charge on any atom is 0.308 e. The first-order chi connectivity index (χ1) is 18.1. The number of halogens is 1. The molecule has 11 heteroatoms. The SMILES string of the molecule is CC(=O)Nc1ccc(S(=O)(=O)N2CCc3ccccc3C2CC(=O)OCC(=O)Nc2ccccc2Br)cc1. The molecule has 3 aromatic carbocycles. The molecule has 0 aliphatic carbocycles. The minimum atomic E-state index is -3.99. The highest BCUT2D eigenvalue weighted by Crippen LogP contribution is 2.36. The van der Waals surface area contributed by atoms with E-state index in [-0.39, 0.29) is 23.8 Å². The van der Waals surface area contributed by atoms with Crippen molar-refractivity contribution in [2.45, 2.75) is 30.7 Å². The zero-order valence-electron chi connectivity index (χ0n) is 20.5. The number of ether oxygens (including phenoxy) is 1. The Hall–Kier alpha value is -3.54. The molecule has 0 spiro atoms. The molecule has 2 N–H and O–H groups in total. The van der Waals surface area contributed by atoms with Crippen molar-refractivity contribution in [2.75, 3.05) is 23.8 Å². The number of benzene rings is 3. The quantitative estimate of drug-likeness (QED) is 0.373. The molecule has 0 bridgehead atoms. The number of rotatable bonds is 8. The van der Waals surface area contributed by atoms with Gasteiger partial charge in [-0.3, -0.25) is 14.4 Å². The van der Waals surface area contributed by atoms with Crippen LogP contribution in [0.5, 0.6) is 0 Å². The maximum atomic E-state index is 13.6. The molecule has 38 heavy (non-hydrogen) atoms. The van der Waals surface area contributed by atoms with Crippen molar-refractivity contribution in [1.82, 2.24) is 4.31 Å². The molecule has 3 aromatic rings. The normalized spacial score (nSPS) is 15.3. The average molecular weight is 600 g/mol. The smallest absolute Gasteiger partial charge is 0.308 e. The lowest BCUT2D eigenvalue weighted by Gasteiger charge is -2.36. The van der Waals surface area contributed by atoms with Gasteiger partial charge in [0.1, 0.15) is 0 Å². The minimum absolute atomic E-state index is 0.0390. The number of esters is 1. The Morgan fingerprint density at radius 1 is 0.974 bits per heavy atom. The van der Waals surface area contributed by atoms with Gasteiger partial charge in [0, 0.05) is 23.6 Å². The Balaban J connectivity index is 1.50. The fourth-order valence-corrected chi connectivity index (χ4v) is 6.28. The number of sulfonamides is 1. The van der Waals surface area contributed by atoms with Gasteiger partial charge >= 0.3 is 5.97 Å². The van der Waals surface area contributed by atoms with Gasteiger partial charge in [-0.25, -0.2) is 8.42 Å². The Kier molecular flexibility index (Phi) is 8.60. The van der Waals surface area contributed by atoms with E-state index in [1.165, 1.54) is 35.5 Å². The number of carbonyl (C=O) groups is 3. The van der Waals surface area contributed by atoms with Crippen molar-refractivity contribution in [3.05, 3.63) is 88.4 Å². The van der Waals surface area contributed by atoms with Gasteiger partial charge < -0.3 is 15.4 Å². The number of carbonyl (C=O) groups excluding carboxylic acids is 3. The number of hydrogen-bond acceptors (Lipinski definition) is 6. The molecule has 0 radical (unpaired) electrons. The van der Waals surface area contributed by atoms with Crippen LogP contribution in [0, 0.1) is 0 Å². The van der Waals surface area contributed by atoms with Crippen LogP contribution in [0.2, 0.25) is 0 Å². The van der Waals surface area contributed by atoms with Crippen molar-refractivity contribution < 1.29 is 27.5 Å². The number of hydrogen-bond donors (Lipinski definition) is 2. The average Bonchev–Trinajstić information content (AvgIpc) is 2.89. The predicted octanol–water partition coefficient (Wildman–Crippen LogP) is 4.27. The molecule has 0 saturated heterocycles. The molecule has 0 fully saturated rings. The second-order valence-electron chi connectivity index (χ2n) is 8.68. The van der Waals surface area contributed by atoms with E-state index in [2.05, 4.69) is 26.6 Å².